The van der Waals surface area contributed by atoms with E-state index in [9.17, 15) is 5.11 Å². The Morgan fingerprint density at radius 3 is 2.57 bits per heavy atom. The molecule has 2 saturated carbocycles. The second kappa shape index (κ2) is 6.91. The van der Waals surface area contributed by atoms with E-state index in [0.29, 0.717) is 11.8 Å². The number of aromatic nitrogens is 2. The fraction of sp³-hybridized carbons (Fsp3) is 0.882. The number of nitrogens with zero attached hydrogens (tertiary/aromatic N) is 2. The van der Waals surface area contributed by atoms with Crippen molar-refractivity contribution in [2.45, 2.75) is 89.1 Å². The molecule has 2 atom stereocenters. The van der Waals surface area contributed by atoms with Crippen LogP contribution in [0.3, 0.4) is 0 Å². The third kappa shape index (κ3) is 3.47. The van der Waals surface area contributed by atoms with Crippen molar-refractivity contribution in [2.75, 3.05) is 0 Å². The maximum absolute atomic E-state index is 10.3. The maximum atomic E-state index is 10.3. The molecular formula is C17H28N2O2. The van der Waals surface area contributed by atoms with Gasteiger partial charge in [-0.2, -0.15) is 4.98 Å². The van der Waals surface area contributed by atoms with E-state index >= 15 is 0 Å². The summed E-state index contributed by atoms with van der Waals surface area (Å²) in [6, 6.07) is 0. The highest BCUT2D eigenvalue weighted by Gasteiger charge is 2.30. The fourth-order valence-electron chi connectivity index (χ4n) is 3.97. The van der Waals surface area contributed by atoms with Gasteiger partial charge in [0.15, 0.2) is 5.82 Å². The van der Waals surface area contributed by atoms with Crippen molar-refractivity contribution in [3.05, 3.63) is 11.7 Å². The molecule has 0 spiro atoms. The van der Waals surface area contributed by atoms with Gasteiger partial charge in [-0.3, -0.25) is 0 Å². The van der Waals surface area contributed by atoms with Gasteiger partial charge < -0.3 is 9.63 Å². The number of aliphatic hydroxyl groups excluding tert-OH is 1. The second-order valence-corrected chi connectivity index (χ2v) is 6.93. The van der Waals surface area contributed by atoms with Gasteiger partial charge in [-0.25, -0.2) is 0 Å². The smallest absolute Gasteiger partial charge is 0.232 e. The van der Waals surface area contributed by atoms with Gasteiger partial charge in [-0.1, -0.05) is 37.8 Å². The molecule has 118 valence electrons. The summed E-state index contributed by atoms with van der Waals surface area (Å²) >= 11 is 0. The van der Waals surface area contributed by atoms with Gasteiger partial charge in [0.05, 0.1) is 12.0 Å². The first-order valence-electron chi connectivity index (χ1n) is 8.79. The molecule has 1 aromatic heterocycles. The van der Waals surface area contributed by atoms with E-state index in [1.54, 1.807) is 0 Å². The highest BCUT2D eigenvalue weighted by molar-refractivity contribution is 5.03. The lowest BCUT2D eigenvalue weighted by molar-refractivity contribution is 0.119. The molecule has 1 N–H and O–H groups in total. The molecule has 21 heavy (non-hydrogen) atoms. The Kier molecular flexibility index (Phi) is 4.94. The quantitative estimate of drug-likeness (QED) is 0.850. The molecule has 0 radical (unpaired) electrons. The van der Waals surface area contributed by atoms with E-state index in [2.05, 4.69) is 17.1 Å². The number of hydrogen-bond donors (Lipinski definition) is 1. The lowest BCUT2D eigenvalue weighted by Gasteiger charge is -2.25. The zero-order chi connectivity index (χ0) is 14.7. The van der Waals surface area contributed by atoms with Crippen LogP contribution in [0.2, 0.25) is 0 Å². The zero-order valence-corrected chi connectivity index (χ0v) is 13.1. The molecule has 4 nitrogen and oxygen atoms in total. The molecule has 0 aliphatic heterocycles. The minimum atomic E-state index is -0.309. The van der Waals surface area contributed by atoms with Crippen LogP contribution in [-0.4, -0.2) is 21.4 Å². The van der Waals surface area contributed by atoms with Gasteiger partial charge in [-0.15, -0.1) is 0 Å². The minimum Gasteiger partial charge on any atom is -0.392 e. The van der Waals surface area contributed by atoms with E-state index in [0.717, 1.165) is 37.4 Å². The largest absolute Gasteiger partial charge is 0.392 e. The van der Waals surface area contributed by atoms with E-state index in [-0.39, 0.29) is 12.0 Å². The van der Waals surface area contributed by atoms with E-state index < -0.39 is 0 Å². The monoisotopic (exact) mass is 292 g/mol. The van der Waals surface area contributed by atoms with E-state index in [1.807, 2.05) is 0 Å². The van der Waals surface area contributed by atoms with Gasteiger partial charge in [0, 0.05) is 5.92 Å². The van der Waals surface area contributed by atoms with Crippen LogP contribution in [0.1, 0.15) is 94.7 Å². The van der Waals surface area contributed by atoms with Crippen LogP contribution in [0.15, 0.2) is 4.52 Å². The second-order valence-electron chi connectivity index (χ2n) is 6.93. The summed E-state index contributed by atoms with van der Waals surface area (Å²) < 4.78 is 5.52. The summed E-state index contributed by atoms with van der Waals surface area (Å²) in [5.41, 5.74) is 0. The summed E-state index contributed by atoms with van der Waals surface area (Å²) in [7, 11) is 0. The Hall–Kier alpha value is -0.900. The van der Waals surface area contributed by atoms with E-state index in [4.69, 9.17) is 4.52 Å². The number of hydrogen-bond acceptors (Lipinski definition) is 4. The average Bonchev–Trinajstić information content (AvgIpc) is 2.90. The molecule has 0 aromatic carbocycles. The van der Waals surface area contributed by atoms with Crippen LogP contribution < -0.4 is 0 Å². The van der Waals surface area contributed by atoms with Gasteiger partial charge in [-0.05, 0) is 44.4 Å². The minimum absolute atomic E-state index is 0.0562. The first kappa shape index (κ1) is 15.0. The van der Waals surface area contributed by atoms with Crippen LogP contribution in [0.5, 0.6) is 0 Å². The van der Waals surface area contributed by atoms with Crippen molar-refractivity contribution in [1.82, 2.24) is 10.1 Å². The third-order valence-electron chi connectivity index (χ3n) is 5.54. The molecule has 0 amide bonds. The first-order valence-corrected chi connectivity index (χ1v) is 8.79. The molecule has 2 aliphatic rings. The summed E-state index contributed by atoms with van der Waals surface area (Å²) in [5.74, 6) is 2.97. The van der Waals surface area contributed by atoms with Gasteiger partial charge in [0.2, 0.25) is 5.89 Å². The van der Waals surface area contributed by atoms with Crippen molar-refractivity contribution in [2.24, 2.45) is 5.92 Å². The molecule has 0 saturated heterocycles. The van der Waals surface area contributed by atoms with Crippen molar-refractivity contribution in [3.8, 4) is 0 Å². The summed E-state index contributed by atoms with van der Waals surface area (Å²) in [4.78, 5) is 4.66. The van der Waals surface area contributed by atoms with Crippen LogP contribution in [0.25, 0.3) is 0 Å². The highest BCUT2D eigenvalue weighted by atomic mass is 16.5. The Bertz CT molecular complexity index is 438. The van der Waals surface area contributed by atoms with Gasteiger partial charge in [0.25, 0.3) is 0 Å². The molecule has 0 bridgehead atoms. The average molecular weight is 292 g/mol. The van der Waals surface area contributed by atoms with Crippen LogP contribution in [-0.2, 0) is 0 Å². The molecule has 4 heteroatoms. The molecule has 1 heterocycles. The van der Waals surface area contributed by atoms with Crippen molar-refractivity contribution in [1.29, 1.82) is 0 Å². The van der Waals surface area contributed by atoms with Crippen molar-refractivity contribution >= 4 is 0 Å². The van der Waals surface area contributed by atoms with Crippen molar-refractivity contribution in [3.63, 3.8) is 0 Å². The van der Waals surface area contributed by atoms with E-state index in [1.165, 1.54) is 38.5 Å². The Labute approximate surface area is 127 Å². The fourth-order valence-corrected chi connectivity index (χ4v) is 3.97. The van der Waals surface area contributed by atoms with Gasteiger partial charge >= 0.3 is 0 Å². The molecule has 2 aliphatic carbocycles. The Balaban J connectivity index is 1.65. The topological polar surface area (TPSA) is 59.2 Å². The van der Waals surface area contributed by atoms with Crippen LogP contribution in [0, 0.1) is 5.92 Å². The molecule has 2 fully saturated rings. The zero-order valence-electron chi connectivity index (χ0n) is 13.1. The third-order valence-corrected chi connectivity index (χ3v) is 5.54. The highest BCUT2D eigenvalue weighted by Crippen LogP contribution is 2.37. The maximum Gasteiger partial charge on any atom is 0.232 e. The predicted molar refractivity (Wildman–Crippen MR) is 81.1 cm³/mol. The molecule has 3 rings (SSSR count). The van der Waals surface area contributed by atoms with Gasteiger partial charge in [0.1, 0.15) is 0 Å². The number of aliphatic hydroxyl groups is 1. The lowest BCUT2D eigenvalue weighted by Crippen LogP contribution is -2.17. The Morgan fingerprint density at radius 2 is 1.81 bits per heavy atom. The first-order chi connectivity index (χ1) is 10.3. The van der Waals surface area contributed by atoms with Crippen LogP contribution in [0.4, 0.5) is 0 Å². The summed E-state index contributed by atoms with van der Waals surface area (Å²) in [6.07, 6.45) is 11.2. The van der Waals surface area contributed by atoms with Crippen LogP contribution >= 0.6 is 0 Å². The molecule has 2 unspecified atom stereocenters. The van der Waals surface area contributed by atoms with Crippen molar-refractivity contribution < 1.29 is 9.63 Å². The Morgan fingerprint density at radius 1 is 1.05 bits per heavy atom. The molecular weight excluding hydrogens is 264 g/mol. The summed E-state index contributed by atoms with van der Waals surface area (Å²) in [5, 5.41) is 14.5. The molecule has 1 aromatic rings. The number of rotatable bonds is 3. The summed E-state index contributed by atoms with van der Waals surface area (Å²) in [6.45, 7) is 2.28. The SMILES string of the molecule is CCC1CCC(c2noc(C3CCCCCC3O)n2)CC1. The lowest BCUT2D eigenvalue weighted by atomic mass is 9.80. The predicted octanol–water partition coefficient (Wildman–Crippen LogP) is 4.16. The standard InChI is InChI=1S/C17H28N2O2/c1-2-12-8-10-13(11-9-12)16-18-17(21-19-16)14-6-4-3-5-7-15(14)20/h12-15,20H,2-11H2,1H3. The normalized spacial score (nSPS) is 34.6.